The van der Waals surface area contributed by atoms with Gasteiger partial charge in [-0.25, -0.2) is 0 Å². The molecule has 23 heavy (non-hydrogen) atoms. The standard InChI is InChI=1S/C19H28N2O2/c1-15(2)19(16-9-5-3-6-10-16)20-17(22)12-14-21-13-8-4-7-11-18(21)23/h3,5-6,9-10,15,19H,4,7-8,11-14H2,1-2H3,(H,20,22)/t19-/m0/s1. The Balaban J connectivity index is 1.88. The van der Waals surface area contributed by atoms with Crippen LogP contribution < -0.4 is 5.32 Å². The number of benzene rings is 1. The summed E-state index contributed by atoms with van der Waals surface area (Å²) in [6.07, 6.45) is 4.14. The highest BCUT2D eigenvalue weighted by molar-refractivity contribution is 5.79. The highest BCUT2D eigenvalue weighted by atomic mass is 16.2. The second-order valence-electron chi connectivity index (χ2n) is 6.64. The lowest BCUT2D eigenvalue weighted by Gasteiger charge is -2.24. The molecule has 0 spiro atoms. The molecule has 0 unspecified atom stereocenters. The molecule has 126 valence electrons. The first-order valence-corrected chi connectivity index (χ1v) is 8.70. The van der Waals surface area contributed by atoms with Crippen molar-refractivity contribution in [3.63, 3.8) is 0 Å². The van der Waals surface area contributed by atoms with E-state index in [1.807, 2.05) is 35.2 Å². The summed E-state index contributed by atoms with van der Waals surface area (Å²) in [6.45, 7) is 5.54. The van der Waals surface area contributed by atoms with Crippen molar-refractivity contribution in [2.24, 2.45) is 5.92 Å². The van der Waals surface area contributed by atoms with Crippen molar-refractivity contribution in [2.45, 2.75) is 52.0 Å². The number of carbonyl (C=O) groups is 2. The summed E-state index contributed by atoms with van der Waals surface area (Å²) >= 11 is 0. The third-order valence-electron chi connectivity index (χ3n) is 4.42. The van der Waals surface area contributed by atoms with E-state index in [0.29, 0.717) is 25.3 Å². The van der Waals surface area contributed by atoms with Crippen molar-refractivity contribution in [1.29, 1.82) is 0 Å². The van der Waals surface area contributed by atoms with E-state index in [9.17, 15) is 9.59 Å². The second kappa shape index (κ2) is 8.70. The normalized spacial score (nSPS) is 17.0. The van der Waals surface area contributed by atoms with Gasteiger partial charge >= 0.3 is 0 Å². The smallest absolute Gasteiger partial charge is 0.222 e. The third kappa shape index (κ3) is 5.38. The van der Waals surface area contributed by atoms with Gasteiger partial charge in [0.25, 0.3) is 0 Å². The Morgan fingerprint density at radius 1 is 1.17 bits per heavy atom. The Bertz CT molecular complexity index is 513. The number of hydrogen-bond acceptors (Lipinski definition) is 2. The molecule has 1 aromatic carbocycles. The Labute approximate surface area is 139 Å². The van der Waals surface area contributed by atoms with Crippen LogP contribution in [0.4, 0.5) is 0 Å². The molecule has 4 heteroatoms. The zero-order chi connectivity index (χ0) is 16.7. The molecule has 0 bridgehead atoms. The van der Waals surface area contributed by atoms with E-state index in [1.165, 1.54) is 0 Å². The van der Waals surface area contributed by atoms with Crippen molar-refractivity contribution in [2.75, 3.05) is 13.1 Å². The van der Waals surface area contributed by atoms with Gasteiger partial charge in [0.15, 0.2) is 0 Å². The number of rotatable bonds is 6. The van der Waals surface area contributed by atoms with Crippen LogP contribution in [0, 0.1) is 5.92 Å². The van der Waals surface area contributed by atoms with Crippen molar-refractivity contribution in [3.8, 4) is 0 Å². The summed E-state index contributed by atoms with van der Waals surface area (Å²) < 4.78 is 0. The molecule has 0 aromatic heterocycles. The lowest BCUT2D eigenvalue weighted by atomic mass is 9.96. The molecule has 2 amide bonds. The molecule has 1 saturated heterocycles. The monoisotopic (exact) mass is 316 g/mol. The van der Waals surface area contributed by atoms with Gasteiger partial charge < -0.3 is 10.2 Å². The number of carbonyl (C=O) groups excluding carboxylic acids is 2. The summed E-state index contributed by atoms with van der Waals surface area (Å²) in [5.74, 6) is 0.532. The second-order valence-corrected chi connectivity index (χ2v) is 6.64. The van der Waals surface area contributed by atoms with Crippen molar-refractivity contribution in [1.82, 2.24) is 10.2 Å². The number of nitrogens with one attached hydrogen (secondary N) is 1. The van der Waals surface area contributed by atoms with Crippen LogP contribution in [0.2, 0.25) is 0 Å². The van der Waals surface area contributed by atoms with Crippen LogP contribution in [0.1, 0.15) is 57.6 Å². The minimum Gasteiger partial charge on any atom is -0.349 e. The van der Waals surface area contributed by atoms with Crippen LogP contribution in [0.15, 0.2) is 30.3 Å². The largest absolute Gasteiger partial charge is 0.349 e. The van der Waals surface area contributed by atoms with Gasteiger partial charge in [0.1, 0.15) is 0 Å². The molecule has 0 saturated carbocycles. The zero-order valence-electron chi connectivity index (χ0n) is 14.3. The summed E-state index contributed by atoms with van der Waals surface area (Å²) in [5.41, 5.74) is 1.13. The summed E-state index contributed by atoms with van der Waals surface area (Å²) in [6, 6.07) is 10.1. The average molecular weight is 316 g/mol. The van der Waals surface area contributed by atoms with Crippen molar-refractivity contribution < 1.29 is 9.59 Å². The van der Waals surface area contributed by atoms with E-state index in [2.05, 4.69) is 19.2 Å². The van der Waals surface area contributed by atoms with Crippen LogP contribution in [-0.2, 0) is 9.59 Å². The predicted octanol–water partition coefficient (Wildman–Crippen LogP) is 3.29. The van der Waals surface area contributed by atoms with Crippen molar-refractivity contribution in [3.05, 3.63) is 35.9 Å². The Hall–Kier alpha value is -1.84. The van der Waals surface area contributed by atoms with E-state index < -0.39 is 0 Å². The summed E-state index contributed by atoms with van der Waals surface area (Å²) in [4.78, 5) is 26.1. The molecule has 1 heterocycles. The Morgan fingerprint density at radius 3 is 2.61 bits per heavy atom. The maximum Gasteiger partial charge on any atom is 0.222 e. The fraction of sp³-hybridized carbons (Fsp3) is 0.579. The van der Waals surface area contributed by atoms with E-state index in [-0.39, 0.29) is 17.9 Å². The van der Waals surface area contributed by atoms with Gasteiger partial charge in [-0.05, 0) is 24.3 Å². The number of amides is 2. The molecule has 1 N–H and O–H groups in total. The number of nitrogens with zero attached hydrogens (tertiary/aromatic N) is 1. The topological polar surface area (TPSA) is 49.4 Å². The quantitative estimate of drug-likeness (QED) is 0.875. The fourth-order valence-electron chi connectivity index (χ4n) is 3.05. The van der Waals surface area contributed by atoms with Crippen molar-refractivity contribution >= 4 is 11.8 Å². The van der Waals surface area contributed by atoms with Gasteiger partial charge in [-0.3, -0.25) is 9.59 Å². The molecule has 0 aliphatic carbocycles. The Kier molecular flexibility index (Phi) is 6.63. The highest BCUT2D eigenvalue weighted by Crippen LogP contribution is 2.21. The fourth-order valence-corrected chi connectivity index (χ4v) is 3.05. The number of hydrogen-bond donors (Lipinski definition) is 1. The molecule has 1 atom stereocenters. The molecule has 1 aliphatic rings. The van der Waals surface area contributed by atoms with Crippen LogP contribution in [0.25, 0.3) is 0 Å². The SMILES string of the molecule is CC(C)[C@H](NC(=O)CCN1CCCCCC1=O)c1ccccc1. The summed E-state index contributed by atoms with van der Waals surface area (Å²) in [7, 11) is 0. The van der Waals surface area contributed by atoms with Crippen LogP contribution in [0.3, 0.4) is 0 Å². The minimum absolute atomic E-state index is 0.0172. The number of likely N-dealkylation sites (tertiary alicyclic amines) is 1. The molecular weight excluding hydrogens is 288 g/mol. The molecule has 2 rings (SSSR count). The van der Waals surface area contributed by atoms with Gasteiger partial charge in [-0.2, -0.15) is 0 Å². The zero-order valence-corrected chi connectivity index (χ0v) is 14.3. The maximum absolute atomic E-state index is 12.3. The predicted molar refractivity (Wildman–Crippen MR) is 91.8 cm³/mol. The van der Waals surface area contributed by atoms with Crippen LogP contribution >= 0.6 is 0 Å². The van der Waals surface area contributed by atoms with Gasteiger partial charge in [0, 0.05) is 25.9 Å². The lowest BCUT2D eigenvalue weighted by Crippen LogP contribution is -2.37. The molecule has 1 aliphatic heterocycles. The minimum atomic E-state index is 0.0172. The molecule has 0 radical (unpaired) electrons. The molecule has 1 fully saturated rings. The van der Waals surface area contributed by atoms with Gasteiger partial charge in [0.2, 0.25) is 11.8 Å². The first kappa shape index (κ1) is 17.5. The first-order valence-electron chi connectivity index (χ1n) is 8.70. The lowest BCUT2D eigenvalue weighted by molar-refractivity contribution is -0.131. The van der Waals surface area contributed by atoms with Crippen LogP contribution in [0.5, 0.6) is 0 Å². The van der Waals surface area contributed by atoms with E-state index in [0.717, 1.165) is 31.4 Å². The molecule has 1 aromatic rings. The van der Waals surface area contributed by atoms with E-state index in [4.69, 9.17) is 0 Å². The Morgan fingerprint density at radius 2 is 1.91 bits per heavy atom. The summed E-state index contributed by atoms with van der Waals surface area (Å²) in [5, 5.41) is 3.13. The first-order chi connectivity index (χ1) is 11.1. The van der Waals surface area contributed by atoms with Crippen LogP contribution in [-0.4, -0.2) is 29.8 Å². The molecule has 4 nitrogen and oxygen atoms in total. The maximum atomic E-state index is 12.3. The highest BCUT2D eigenvalue weighted by Gasteiger charge is 2.20. The van der Waals surface area contributed by atoms with Gasteiger partial charge in [-0.15, -0.1) is 0 Å². The van der Waals surface area contributed by atoms with Gasteiger partial charge in [0.05, 0.1) is 6.04 Å². The van der Waals surface area contributed by atoms with Gasteiger partial charge in [-0.1, -0.05) is 50.6 Å². The average Bonchev–Trinajstić information content (AvgIpc) is 2.75. The molecular formula is C19H28N2O2. The van der Waals surface area contributed by atoms with E-state index >= 15 is 0 Å². The van der Waals surface area contributed by atoms with E-state index in [1.54, 1.807) is 0 Å². The third-order valence-corrected chi connectivity index (χ3v) is 4.42.